The van der Waals surface area contributed by atoms with E-state index in [2.05, 4.69) is 13.2 Å². The molecule has 0 saturated carbocycles. The SMILES string of the molecule is C=CCN(C)C(=O)[C@@H]1[C@H]2C(=O)N([C@@H](CO)C(C)C)C(C(=O)N(CC=C)Cc3ccccc3)C23CC[C@@]1(CC)O3. The third kappa shape index (κ3) is 4.61. The van der Waals surface area contributed by atoms with Crippen molar-refractivity contribution in [3.05, 3.63) is 61.2 Å². The second-order valence-corrected chi connectivity index (χ2v) is 11.6. The Labute approximate surface area is 232 Å². The van der Waals surface area contributed by atoms with Crippen LogP contribution in [-0.2, 0) is 25.7 Å². The Balaban J connectivity index is 1.83. The molecular weight excluding hydrogens is 494 g/mol. The van der Waals surface area contributed by atoms with Crippen LogP contribution in [0.3, 0.4) is 0 Å². The Morgan fingerprint density at radius 1 is 1.15 bits per heavy atom. The molecule has 1 N–H and O–H groups in total. The first-order valence-electron chi connectivity index (χ1n) is 14.0. The van der Waals surface area contributed by atoms with Gasteiger partial charge in [-0.1, -0.05) is 63.3 Å². The maximum absolute atomic E-state index is 14.6. The summed E-state index contributed by atoms with van der Waals surface area (Å²) in [6.45, 7) is 14.2. The summed E-state index contributed by atoms with van der Waals surface area (Å²) in [6.07, 6.45) is 5.00. The zero-order valence-corrected chi connectivity index (χ0v) is 23.7. The number of carbonyl (C=O) groups is 3. The molecule has 3 saturated heterocycles. The van der Waals surface area contributed by atoms with E-state index in [4.69, 9.17) is 4.74 Å². The van der Waals surface area contributed by atoms with Gasteiger partial charge in [-0.05, 0) is 30.7 Å². The lowest BCUT2D eigenvalue weighted by Crippen LogP contribution is -2.59. The van der Waals surface area contributed by atoms with E-state index >= 15 is 0 Å². The topological polar surface area (TPSA) is 90.4 Å². The van der Waals surface area contributed by atoms with E-state index in [-0.39, 0.29) is 30.2 Å². The van der Waals surface area contributed by atoms with Crippen LogP contribution in [0.2, 0.25) is 0 Å². The Kier molecular flexibility index (Phi) is 8.38. The van der Waals surface area contributed by atoms with Crippen LogP contribution >= 0.6 is 0 Å². The van der Waals surface area contributed by atoms with Crippen LogP contribution in [0.25, 0.3) is 0 Å². The van der Waals surface area contributed by atoms with Crippen LogP contribution in [0.5, 0.6) is 0 Å². The van der Waals surface area contributed by atoms with Gasteiger partial charge in [0, 0.05) is 26.7 Å². The monoisotopic (exact) mass is 537 g/mol. The second kappa shape index (κ2) is 11.3. The molecule has 0 radical (unpaired) electrons. The van der Waals surface area contributed by atoms with E-state index in [0.29, 0.717) is 38.9 Å². The quantitative estimate of drug-likeness (QED) is 0.414. The highest BCUT2D eigenvalue weighted by atomic mass is 16.5. The number of likely N-dealkylation sites (N-methyl/N-ethyl adjacent to an activating group) is 1. The van der Waals surface area contributed by atoms with Gasteiger partial charge in [0.1, 0.15) is 11.6 Å². The van der Waals surface area contributed by atoms with Crippen LogP contribution in [0.1, 0.15) is 45.6 Å². The number of aliphatic hydroxyl groups excluding tert-OH is 1. The highest BCUT2D eigenvalue weighted by molar-refractivity contribution is 5.99. The van der Waals surface area contributed by atoms with Crippen LogP contribution in [0, 0.1) is 17.8 Å². The summed E-state index contributed by atoms with van der Waals surface area (Å²) in [7, 11) is 1.71. The lowest BCUT2D eigenvalue weighted by Gasteiger charge is -2.40. The normalized spacial score (nSPS) is 29.8. The molecule has 2 bridgehead atoms. The lowest BCUT2D eigenvalue weighted by molar-refractivity contribution is -0.159. The zero-order chi connectivity index (χ0) is 28.5. The molecule has 39 heavy (non-hydrogen) atoms. The molecule has 3 heterocycles. The number of fused-ring (bicyclic) bond motifs is 1. The first-order chi connectivity index (χ1) is 18.6. The molecule has 1 spiro atoms. The van der Waals surface area contributed by atoms with Crippen molar-refractivity contribution in [3.8, 4) is 0 Å². The predicted molar refractivity (Wildman–Crippen MR) is 149 cm³/mol. The Morgan fingerprint density at radius 2 is 1.82 bits per heavy atom. The predicted octanol–water partition coefficient (Wildman–Crippen LogP) is 3.02. The summed E-state index contributed by atoms with van der Waals surface area (Å²) in [6, 6.07) is 8.16. The molecule has 8 nitrogen and oxygen atoms in total. The maximum Gasteiger partial charge on any atom is 0.249 e. The van der Waals surface area contributed by atoms with Crippen molar-refractivity contribution in [2.24, 2.45) is 17.8 Å². The van der Waals surface area contributed by atoms with Crippen LogP contribution in [-0.4, -0.2) is 87.6 Å². The molecule has 2 unspecified atom stereocenters. The number of hydrogen-bond donors (Lipinski definition) is 1. The number of carbonyl (C=O) groups excluding carboxylic acids is 3. The summed E-state index contributed by atoms with van der Waals surface area (Å²) in [5.74, 6) is -2.30. The first-order valence-corrected chi connectivity index (χ1v) is 14.0. The van der Waals surface area contributed by atoms with Gasteiger partial charge in [0.25, 0.3) is 0 Å². The molecule has 3 aliphatic heterocycles. The molecule has 0 aromatic heterocycles. The number of aliphatic hydroxyl groups is 1. The average Bonchev–Trinajstić information content (AvgIpc) is 3.52. The maximum atomic E-state index is 14.6. The molecule has 212 valence electrons. The van der Waals surface area contributed by atoms with Gasteiger partial charge in [-0.2, -0.15) is 0 Å². The number of hydrogen-bond acceptors (Lipinski definition) is 5. The van der Waals surface area contributed by atoms with Gasteiger partial charge >= 0.3 is 0 Å². The third-order valence-electron chi connectivity index (χ3n) is 9.09. The summed E-state index contributed by atoms with van der Waals surface area (Å²) < 4.78 is 6.88. The van der Waals surface area contributed by atoms with E-state index in [0.717, 1.165) is 5.56 Å². The fraction of sp³-hybridized carbons (Fsp3) is 0.581. The first kappa shape index (κ1) is 29.0. The number of amides is 3. The van der Waals surface area contributed by atoms with Gasteiger partial charge in [-0.25, -0.2) is 0 Å². The highest BCUT2D eigenvalue weighted by Gasteiger charge is 2.79. The summed E-state index contributed by atoms with van der Waals surface area (Å²) >= 11 is 0. The minimum absolute atomic E-state index is 0.110. The van der Waals surface area contributed by atoms with Crippen molar-refractivity contribution < 1.29 is 24.2 Å². The fourth-order valence-corrected chi connectivity index (χ4v) is 7.17. The van der Waals surface area contributed by atoms with Crippen LogP contribution < -0.4 is 0 Å². The van der Waals surface area contributed by atoms with Crippen molar-refractivity contribution in [3.63, 3.8) is 0 Å². The van der Waals surface area contributed by atoms with Crippen LogP contribution in [0.15, 0.2) is 55.6 Å². The number of benzene rings is 1. The highest BCUT2D eigenvalue weighted by Crippen LogP contribution is 2.65. The van der Waals surface area contributed by atoms with E-state index in [9.17, 15) is 19.5 Å². The Bertz CT molecular complexity index is 1110. The van der Waals surface area contributed by atoms with Gasteiger partial charge in [-0.15, -0.1) is 13.2 Å². The van der Waals surface area contributed by atoms with Crippen molar-refractivity contribution >= 4 is 17.7 Å². The van der Waals surface area contributed by atoms with E-state index in [1.807, 2.05) is 51.1 Å². The number of likely N-dealkylation sites (tertiary alicyclic amines) is 1. The van der Waals surface area contributed by atoms with E-state index in [1.165, 1.54) is 0 Å². The molecular formula is C31H43N3O5. The zero-order valence-electron chi connectivity index (χ0n) is 23.7. The molecule has 3 fully saturated rings. The molecule has 1 aromatic rings. The van der Waals surface area contributed by atoms with E-state index in [1.54, 1.807) is 33.9 Å². The van der Waals surface area contributed by atoms with Crippen LogP contribution in [0.4, 0.5) is 0 Å². The molecule has 8 heteroatoms. The van der Waals surface area contributed by atoms with Crippen molar-refractivity contribution in [2.45, 2.75) is 69.9 Å². The third-order valence-corrected chi connectivity index (χ3v) is 9.09. The summed E-state index contributed by atoms with van der Waals surface area (Å²) in [5, 5.41) is 10.4. The lowest BCUT2D eigenvalue weighted by atomic mass is 9.64. The molecule has 6 atom stereocenters. The van der Waals surface area contributed by atoms with Gasteiger partial charge in [0.15, 0.2) is 0 Å². The minimum atomic E-state index is -1.14. The number of rotatable bonds is 12. The second-order valence-electron chi connectivity index (χ2n) is 11.6. The molecule has 0 aliphatic carbocycles. The Morgan fingerprint density at radius 3 is 2.38 bits per heavy atom. The summed E-state index contributed by atoms with van der Waals surface area (Å²) in [4.78, 5) is 47.8. The minimum Gasteiger partial charge on any atom is -0.394 e. The van der Waals surface area contributed by atoms with Gasteiger partial charge in [0.05, 0.1) is 30.1 Å². The average molecular weight is 538 g/mol. The van der Waals surface area contributed by atoms with Crippen molar-refractivity contribution in [1.29, 1.82) is 0 Å². The number of nitrogens with zero attached hydrogens (tertiary/aromatic N) is 3. The number of ether oxygens (including phenoxy) is 1. The summed E-state index contributed by atoms with van der Waals surface area (Å²) in [5.41, 5.74) is -0.995. The van der Waals surface area contributed by atoms with Gasteiger partial charge in [-0.3, -0.25) is 14.4 Å². The smallest absolute Gasteiger partial charge is 0.249 e. The molecule has 1 aromatic carbocycles. The molecule has 4 rings (SSSR count). The molecule has 3 amide bonds. The van der Waals surface area contributed by atoms with Crippen molar-refractivity contribution in [1.82, 2.24) is 14.7 Å². The van der Waals surface area contributed by atoms with E-state index < -0.39 is 35.1 Å². The van der Waals surface area contributed by atoms with Crippen molar-refractivity contribution in [2.75, 3.05) is 26.7 Å². The Hall–Kier alpha value is -2.97. The largest absolute Gasteiger partial charge is 0.394 e. The van der Waals surface area contributed by atoms with Gasteiger partial charge in [0.2, 0.25) is 17.7 Å². The molecule has 3 aliphatic rings. The van der Waals surface area contributed by atoms with Gasteiger partial charge < -0.3 is 24.5 Å². The standard InChI is InChI=1S/C31H43N3O5/c1-7-17-32(6)27(36)24-25-28(37)34(23(20-35)21(4)5)26(31(25)16-15-30(24,9-3)39-31)29(38)33(18-8-2)19-22-13-11-10-12-14-22/h7-8,10-14,21,23-26,35H,1-2,9,15-20H2,3-6H3/t23-,24-,25-,26?,30+,31?/m0/s1. The fourth-order valence-electron chi connectivity index (χ4n) is 7.17.